The van der Waals surface area contributed by atoms with E-state index in [1.54, 1.807) is 0 Å². The van der Waals surface area contributed by atoms with Gasteiger partial charge in [0.2, 0.25) is 0 Å². The summed E-state index contributed by atoms with van der Waals surface area (Å²) in [5, 5.41) is 0. The van der Waals surface area contributed by atoms with E-state index in [1.807, 2.05) is 18.2 Å². The molecule has 2 aromatic carbocycles. The van der Waals surface area contributed by atoms with Crippen molar-refractivity contribution in [1.82, 2.24) is 0 Å². The summed E-state index contributed by atoms with van der Waals surface area (Å²) in [4.78, 5) is 0. The van der Waals surface area contributed by atoms with Crippen LogP contribution in [0.5, 0.6) is 0 Å². The van der Waals surface area contributed by atoms with Crippen molar-refractivity contribution < 1.29 is 0 Å². The Morgan fingerprint density at radius 2 is 1.39 bits per heavy atom. The Morgan fingerprint density at radius 1 is 0.833 bits per heavy atom. The molecule has 0 saturated heterocycles. The van der Waals surface area contributed by atoms with E-state index in [0.29, 0.717) is 0 Å². The molecule has 0 radical (unpaired) electrons. The molecule has 0 aromatic heterocycles. The lowest BCUT2D eigenvalue weighted by Gasteiger charge is -2.26. The zero-order valence-corrected chi connectivity index (χ0v) is 11.4. The van der Waals surface area contributed by atoms with Crippen molar-refractivity contribution in [3.63, 3.8) is 0 Å². The molecular weight excluding hydrogens is 218 g/mol. The van der Waals surface area contributed by atoms with Gasteiger partial charge in [0, 0.05) is 0 Å². The molecule has 0 fully saturated rings. The third-order valence-corrected chi connectivity index (χ3v) is 3.26. The molecule has 1 heteroatoms. The number of hydrogen-bond donors (Lipinski definition) is 1. The van der Waals surface area contributed by atoms with Crippen LogP contribution in [0.1, 0.15) is 43.5 Å². The first-order valence-corrected chi connectivity index (χ1v) is 6.40. The highest BCUT2D eigenvalue weighted by atomic mass is 14.6. The lowest BCUT2D eigenvalue weighted by Crippen LogP contribution is -2.20. The largest absolute Gasteiger partial charge is 0.320 e. The van der Waals surface area contributed by atoms with Gasteiger partial charge in [-0.25, -0.2) is 0 Å². The Bertz CT molecular complexity index is 509. The van der Waals surface area contributed by atoms with Crippen LogP contribution in [-0.2, 0) is 5.41 Å². The van der Waals surface area contributed by atoms with Crippen LogP contribution >= 0.6 is 0 Å². The number of nitrogens with two attached hydrogens (primary N) is 1. The van der Waals surface area contributed by atoms with Crippen LogP contribution in [-0.4, -0.2) is 0 Å². The minimum absolute atomic E-state index is 0.0541. The van der Waals surface area contributed by atoms with Crippen molar-refractivity contribution in [2.24, 2.45) is 5.73 Å². The standard InChI is InChI=1S/C17H21N/c1-17(2,3)15-12-8-7-11-14(15)16(18)13-9-5-4-6-10-13/h4-12,16H,18H2,1-3H3. The maximum Gasteiger partial charge on any atom is 0.0554 e. The number of hydrogen-bond acceptors (Lipinski definition) is 1. The maximum absolute atomic E-state index is 6.41. The molecule has 1 nitrogen and oxygen atoms in total. The Kier molecular flexibility index (Phi) is 3.53. The fourth-order valence-electron chi connectivity index (χ4n) is 2.29. The lowest BCUT2D eigenvalue weighted by atomic mass is 9.81. The van der Waals surface area contributed by atoms with E-state index < -0.39 is 0 Å². The fraction of sp³-hybridized carbons (Fsp3) is 0.294. The van der Waals surface area contributed by atoms with Crippen LogP contribution in [0.2, 0.25) is 0 Å². The predicted molar refractivity (Wildman–Crippen MR) is 77.6 cm³/mol. The molecule has 1 unspecified atom stereocenters. The quantitative estimate of drug-likeness (QED) is 0.841. The number of rotatable bonds is 2. The molecule has 0 saturated carbocycles. The second kappa shape index (κ2) is 4.95. The molecular formula is C17H21N. The molecule has 94 valence electrons. The molecule has 0 spiro atoms. The van der Waals surface area contributed by atoms with Gasteiger partial charge in [0.25, 0.3) is 0 Å². The smallest absolute Gasteiger partial charge is 0.0554 e. The Labute approximate surface area is 110 Å². The lowest BCUT2D eigenvalue weighted by molar-refractivity contribution is 0.578. The summed E-state index contributed by atoms with van der Waals surface area (Å²) in [5.41, 5.74) is 10.2. The average molecular weight is 239 g/mol. The minimum Gasteiger partial charge on any atom is -0.320 e. The molecule has 0 aliphatic rings. The van der Waals surface area contributed by atoms with Crippen molar-refractivity contribution in [1.29, 1.82) is 0 Å². The monoisotopic (exact) mass is 239 g/mol. The van der Waals surface area contributed by atoms with Gasteiger partial charge in [0.1, 0.15) is 0 Å². The van der Waals surface area contributed by atoms with E-state index in [2.05, 4.69) is 57.2 Å². The van der Waals surface area contributed by atoms with Crippen molar-refractivity contribution in [2.75, 3.05) is 0 Å². The van der Waals surface area contributed by atoms with E-state index in [4.69, 9.17) is 5.73 Å². The molecule has 18 heavy (non-hydrogen) atoms. The molecule has 0 heterocycles. The third kappa shape index (κ3) is 2.62. The van der Waals surface area contributed by atoms with E-state index in [-0.39, 0.29) is 11.5 Å². The van der Waals surface area contributed by atoms with Gasteiger partial charge in [0.05, 0.1) is 6.04 Å². The fourth-order valence-corrected chi connectivity index (χ4v) is 2.29. The van der Waals surface area contributed by atoms with Crippen molar-refractivity contribution in [3.05, 3.63) is 71.3 Å². The maximum atomic E-state index is 6.41. The predicted octanol–water partition coefficient (Wildman–Crippen LogP) is 4.03. The normalized spacial score (nSPS) is 13.3. The van der Waals surface area contributed by atoms with Gasteiger partial charge < -0.3 is 5.73 Å². The molecule has 0 bridgehead atoms. The van der Waals surface area contributed by atoms with E-state index in [1.165, 1.54) is 11.1 Å². The highest BCUT2D eigenvalue weighted by molar-refractivity contribution is 5.40. The molecule has 2 N–H and O–H groups in total. The summed E-state index contributed by atoms with van der Waals surface area (Å²) in [7, 11) is 0. The van der Waals surface area contributed by atoms with E-state index in [9.17, 15) is 0 Å². The Morgan fingerprint density at radius 3 is 2.00 bits per heavy atom. The average Bonchev–Trinajstić information content (AvgIpc) is 2.38. The summed E-state index contributed by atoms with van der Waals surface area (Å²) >= 11 is 0. The Hall–Kier alpha value is -1.60. The topological polar surface area (TPSA) is 26.0 Å². The van der Waals surface area contributed by atoms with Crippen LogP contribution in [0.3, 0.4) is 0 Å². The molecule has 1 atom stereocenters. The first kappa shape index (κ1) is 12.8. The third-order valence-electron chi connectivity index (χ3n) is 3.26. The highest BCUT2D eigenvalue weighted by Gasteiger charge is 2.21. The Balaban J connectivity index is 2.46. The van der Waals surface area contributed by atoms with Gasteiger partial charge in [-0.15, -0.1) is 0 Å². The van der Waals surface area contributed by atoms with E-state index >= 15 is 0 Å². The van der Waals surface area contributed by atoms with Crippen molar-refractivity contribution in [2.45, 2.75) is 32.2 Å². The van der Waals surface area contributed by atoms with Gasteiger partial charge in [-0.1, -0.05) is 75.4 Å². The summed E-state index contributed by atoms with van der Waals surface area (Å²) < 4.78 is 0. The van der Waals surface area contributed by atoms with Crippen LogP contribution < -0.4 is 5.73 Å². The summed E-state index contributed by atoms with van der Waals surface area (Å²) in [5.74, 6) is 0. The van der Waals surface area contributed by atoms with E-state index in [0.717, 1.165) is 5.56 Å². The van der Waals surface area contributed by atoms with Crippen LogP contribution in [0.25, 0.3) is 0 Å². The van der Waals surface area contributed by atoms with Crippen molar-refractivity contribution >= 4 is 0 Å². The summed E-state index contributed by atoms with van der Waals surface area (Å²) in [6.45, 7) is 6.68. The van der Waals surface area contributed by atoms with Crippen molar-refractivity contribution in [3.8, 4) is 0 Å². The molecule has 2 aromatic rings. The van der Waals surface area contributed by atoms with Crippen LogP contribution in [0.15, 0.2) is 54.6 Å². The second-order valence-corrected chi connectivity index (χ2v) is 5.73. The number of benzene rings is 2. The van der Waals surface area contributed by atoms with Gasteiger partial charge >= 0.3 is 0 Å². The van der Waals surface area contributed by atoms with Gasteiger partial charge in [-0.05, 0) is 22.1 Å². The molecule has 0 amide bonds. The van der Waals surface area contributed by atoms with Gasteiger partial charge in [0.15, 0.2) is 0 Å². The highest BCUT2D eigenvalue weighted by Crippen LogP contribution is 2.31. The zero-order valence-electron chi connectivity index (χ0n) is 11.4. The van der Waals surface area contributed by atoms with Crippen LogP contribution in [0, 0.1) is 0 Å². The minimum atomic E-state index is -0.0541. The SMILES string of the molecule is CC(C)(C)c1ccccc1C(N)c1ccccc1. The van der Waals surface area contributed by atoms with Gasteiger partial charge in [-0.2, -0.15) is 0 Å². The first-order chi connectivity index (χ1) is 8.50. The zero-order chi connectivity index (χ0) is 13.2. The molecule has 0 aliphatic carbocycles. The summed E-state index contributed by atoms with van der Waals surface area (Å²) in [6.07, 6.45) is 0. The molecule has 2 rings (SSSR count). The first-order valence-electron chi connectivity index (χ1n) is 6.40. The van der Waals surface area contributed by atoms with Gasteiger partial charge in [-0.3, -0.25) is 0 Å². The second-order valence-electron chi connectivity index (χ2n) is 5.73. The van der Waals surface area contributed by atoms with Crippen LogP contribution in [0.4, 0.5) is 0 Å². The summed E-state index contributed by atoms with van der Waals surface area (Å²) in [6, 6.07) is 18.7. The molecule has 0 aliphatic heterocycles.